The van der Waals surface area contributed by atoms with E-state index < -0.39 is 0 Å². The van der Waals surface area contributed by atoms with Gasteiger partial charge in [-0.25, -0.2) is 0 Å². The van der Waals surface area contributed by atoms with Crippen LogP contribution in [0, 0.1) is 0 Å². The highest BCUT2D eigenvalue weighted by Crippen LogP contribution is 2.22. The SMILES string of the molecule is CCC(CC)Nc1ccccc1Br. The van der Waals surface area contributed by atoms with Gasteiger partial charge >= 0.3 is 0 Å². The molecule has 0 aliphatic heterocycles. The van der Waals surface area contributed by atoms with Crippen LogP contribution in [0.5, 0.6) is 0 Å². The van der Waals surface area contributed by atoms with Crippen LogP contribution in [0.1, 0.15) is 26.7 Å². The molecule has 0 unspecified atom stereocenters. The molecule has 0 aromatic heterocycles. The van der Waals surface area contributed by atoms with E-state index in [-0.39, 0.29) is 0 Å². The summed E-state index contributed by atoms with van der Waals surface area (Å²) in [6.07, 6.45) is 2.33. The molecule has 0 saturated carbocycles. The summed E-state index contributed by atoms with van der Waals surface area (Å²) in [6.45, 7) is 4.41. The van der Waals surface area contributed by atoms with Gasteiger partial charge in [-0.3, -0.25) is 0 Å². The van der Waals surface area contributed by atoms with Crippen molar-refractivity contribution in [2.45, 2.75) is 32.7 Å². The van der Waals surface area contributed by atoms with Gasteiger partial charge in [-0.2, -0.15) is 0 Å². The molecular weight excluding hydrogens is 226 g/mol. The van der Waals surface area contributed by atoms with Crippen LogP contribution in [0.4, 0.5) is 5.69 Å². The molecule has 0 heterocycles. The van der Waals surface area contributed by atoms with E-state index in [0.29, 0.717) is 6.04 Å². The minimum absolute atomic E-state index is 0.582. The number of anilines is 1. The Morgan fingerprint density at radius 1 is 1.23 bits per heavy atom. The fourth-order valence-corrected chi connectivity index (χ4v) is 1.69. The zero-order valence-electron chi connectivity index (χ0n) is 8.18. The molecule has 0 fully saturated rings. The first-order chi connectivity index (χ1) is 6.27. The number of halogens is 1. The van der Waals surface area contributed by atoms with E-state index in [2.05, 4.69) is 53.3 Å². The second kappa shape index (κ2) is 5.28. The van der Waals surface area contributed by atoms with Crippen molar-refractivity contribution in [3.8, 4) is 0 Å². The molecule has 1 rings (SSSR count). The van der Waals surface area contributed by atoms with Crippen LogP contribution in [0.3, 0.4) is 0 Å². The lowest BCUT2D eigenvalue weighted by molar-refractivity contribution is 0.671. The molecule has 0 aliphatic rings. The maximum atomic E-state index is 3.52. The number of rotatable bonds is 4. The third-order valence-corrected chi connectivity index (χ3v) is 2.91. The maximum Gasteiger partial charge on any atom is 0.0486 e. The minimum atomic E-state index is 0.582. The van der Waals surface area contributed by atoms with Gasteiger partial charge in [0.25, 0.3) is 0 Å². The van der Waals surface area contributed by atoms with Crippen LogP contribution < -0.4 is 5.32 Å². The van der Waals surface area contributed by atoms with Gasteiger partial charge in [0.05, 0.1) is 0 Å². The number of para-hydroxylation sites is 1. The molecule has 1 aromatic carbocycles. The number of benzene rings is 1. The molecule has 1 nitrogen and oxygen atoms in total. The predicted octanol–water partition coefficient (Wildman–Crippen LogP) is 4.05. The predicted molar refractivity (Wildman–Crippen MR) is 62.1 cm³/mol. The first kappa shape index (κ1) is 10.6. The molecule has 72 valence electrons. The highest BCUT2D eigenvalue weighted by atomic mass is 79.9. The van der Waals surface area contributed by atoms with Crippen LogP contribution in [0.2, 0.25) is 0 Å². The van der Waals surface area contributed by atoms with E-state index in [4.69, 9.17) is 0 Å². The fourth-order valence-electron chi connectivity index (χ4n) is 1.29. The van der Waals surface area contributed by atoms with Gasteiger partial charge in [0, 0.05) is 16.2 Å². The Labute approximate surface area is 88.7 Å². The summed E-state index contributed by atoms with van der Waals surface area (Å²) in [7, 11) is 0. The molecule has 0 bridgehead atoms. The van der Waals surface area contributed by atoms with E-state index in [1.54, 1.807) is 0 Å². The Morgan fingerprint density at radius 2 is 1.85 bits per heavy atom. The van der Waals surface area contributed by atoms with Gasteiger partial charge in [-0.1, -0.05) is 26.0 Å². The van der Waals surface area contributed by atoms with Crippen molar-refractivity contribution in [3.63, 3.8) is 0 Å². The lowest BCUT2D eigenvalue weighted by atomic mass is 10.1. The lowest BCUT2D eigenvalue weighted by Gasteiger charge is -2.17. The molecular formula is C11H16BrN. The first-order valence-electron chi connectivity index (χ1n) is 4.79. The normalized spacial score (nSPS) is 10.5. The van der Waals surface area contributed by atoms with E-state index in [1.807, 2.05) is 6.07 Å². The Hall–Kier alpha value is -0.500. The second-order valence-electron chi connectivity index (χ2n) is 3.14. The van der Waals surface area contributed by atoms with Crippen molar-refractivity contribution in [3.05, 3.63) is 28.7 Å². The summed E-state index contributed by atoms with van der Waals surface area (Å²) in [4.78, 5) is 0. The first-order valence-corrected chi connectivity index (χ1v) is 5.58. The van der Waals surface area contributed by atoms with Crippen molar-refractivity contribution in [1.82, 2.24) is 0 Å². The highest BCUT2D eigenvalue weighted by Gasteiger charge is 2.04. The number of nitrogens with one attached hydrogen (secondary N) is 1. The summed E-state index contributed by atoms with van der Waals surface area (Å²) in [5.41, 5.74) is 1.19. The molecule has 0 saturated heterocycles. The van der Waals surface area contributed by atoms with Gasteiger partial charge < -0.3 is 5.32 Å². The van der Waals surface area contributed by atoms with E-state index in [0.717, 1.165) is 17.3 Å². The maximum absolute atomic E-state index is 3.52. The van der Waals surface area contributed by atoms with E-state index in [9.17, 15) is 0 Å². The van der Waals surface area contributed by atoms with Crippen molar-refractivity contribution < 1.29 is 0 Å². The summed E-state index contributed by atoms with van der Waals surface area (Å²) in [5.74, 6) is 0. The molecule has 0 aliphatic carbocycles. The Bertz CT molecular complexity index is 256. The van der Waals surface area contributed by atoms with Gasteiger partial charge in [0.15, 0.2) is 0 Å². The molecule has 1 N–H and O–H groups in total. The number of hydrogen-bond acceptors (Lipinski definition) is 1. The van der Waals surface area contributed by atoms with Crippen molar-refractivity contribution in [1.29, 1.82) is 0 Å². The van der Waals surface area contributed by atoms with Crippen molar-refractivity contribution in [2.75, 3.05) is 5.32 Å². The van der Waals surface area contributed by atoms with Gasteiger partial charge in [-0.05, 0) is 40.9 Å². The molecule has 1 aromatic rings. The van der Waals surface area contributed by atoms with E-state index >= 15 is 0 Å². The zero-order chi connectivity index (χ0) is 9.68. The quantitative estimate of drug-likeness (QED) is 0.839. The Balaban J connectivity index is 2.67. The summed E-state index contributed by atoms with van der Waals surface area (Å²) in [5, 5.41) is 3.50. The van der Waals surface area contributed by atoms with Crippen LogP contribution in [0.15, 0.2) is 28.7 Å². The molecule has 0 amide bonds. The second-order valence-corrected chi connectivity index (χ2v) is 3.99. The van der Waals surface area contributed by atoms with Crippen LogP contribution in [-0.2, 0) is 0 Å². The average Bonchev–Trinajstić information content (AvgIpc) is 2.17. The van der Waals surface area contributed by atoms with Crippen molar-refractivity contribution >= 4 is 21.6 Å². The van der Waals surface area contributed by atoms with Crippen LogP contribution in [0.25, 0.3) is 0 Å². The van der Waals surface area contributed by atoms with Gasteiger partial charge in [0.1, 0.15) is 0 Å². The minimum Gasteiger partial charge on any atom is -0.381 e. The van der Waals surface area contributed by atoms with Gasteiger partial charge in [0.2, 0.25) is 0 Å². The molecule has 0 radical (unpaired) electrons. The fraction of sp³-hybridized carbons (Fsp3) is 0.455. The molecule has 2 heteroatoms. The highest BCUT2D eigenvalue weighted by molar-refractivity contribution is 9.10. The third-order valence-electron chi connectivity index (χ3n) is 2.22. The Morgan fingerprint density at radius 3 is 2.38 bits per heavy atom. The summed E-state index contributed by atoms with van der Waals surface area (Å²) in [6, 6.07) is 8.82. The molecule has 13 heavy (non-hydrogen) atoms. The van der Waals surface area contributed by atoms with E-state index in [1.165, 1.54) is 5.69 Å². The monoisotopic (exact) mass is 241 g/mol. The topological polar surface area (TPSA) is 12.0 Å². The largest absolute Gasteiger partial charge is 0.381 e. The average molecular weight is 242 g/mol. The lowest BCUT2D eigenvalue weighted by Crippen LogP contribution is -2.17. The Kier molecular flexibility index (Phi) is 4.29. The van der Waals surface area contributed by atoms with Crippen LogP contribution in [-0.4, -0.2) is 6.04 Å². The standard InChI is InChI=1S/C11H16BrN/c1-3-9(4-2)13-11-8-6-5-7-10(11)12/h5-9,13H,3-4H2,1-2H3. The third kappa shape index (κ3) is 3.03. The number of hydrogen-bond donors (Lipinski definition) is 1. The smallest absolute Gasteiger partial charge is 0.0486 e. The summed E-state index contributed by atoms with van der Waals surface area (Å²) >= 11 is 3.52. The zero-order valence-corrected chi connectivity index (χ0v) is 9.76. The molecule has 0 atom stereocenters. The summed E-state index contributed by atoms with van der Waals surface area (Å²) < 4.78 is 1.14. The molecule has 0 spiro atoms. The van der Waals surface area contributed by atoms with Crippen LogP contribution >= 0.6 is 15.9 Å². The van der Waals surface area contributed by atoms with Gasteiger partial charge in [-0.15, -0.1) is 0 Å². The van der Waals surface area contributed by atoms with Crippen molar-refractivity contribution in [2.24, 2.45) is 0 Å².